The van der Waals surface area contributed by atoms with E-state index in [1.807, 2.05) is 39.4 Å². The summed E-state index contributed by atoms with van der Waals surface area (Å²) >= 11 is 0. The van der Waals surface area contributed by atoms with Crippen molar-refractivity contribution in [1.29, 1.82) is 0 Å². The van der Waals surface area contributed by atoms with Gasteiger partial charge in [0.2, 0.25) is 5.91 Å². The van der Waals surface area contributed by atoms with Gasteiger partial charge in [0.05, 0.1) is 33.8 Å². The van der Waals surface area contributed by atoms with Gasteiger partial charge in [0.15, 0.2) is 0 Å². The van der Waals surface area contributed by atoms with Crippen LogP contribution in [0.3, 0.4) is 0 Å². The normalized spacial score (nSPS) is 14.4. The number of hydrogen-bond acceptors (Lipinski definition) is 6. The zero-order valence-corrected chi connectivity index (χ0v) is 47.6. The number of hydrogen-bond donors (Lipinski definition) is 2. The lowest BCUT2D eigenvalue weighted by atomic mass is 10.0. The van der Waals surface area contributed by atoms with Gasteiger partial charge in [-0.15, -0.1) is 0 Å². The maximum absolute atomic E-state index is 13.4. The van der Waals surface area contributed by atoms with E-state index in [-0.39, 0.29) is 37.9 Å². The Bertz CT molecular complexity index is 1490. The molecule has 410 valence electrons. The molecule has 0 aromatic heterocycles. The Kier molecular flexibility index (Phi) is 48.7. The average molecular weight is 1010 g/mol. The van der Waals surface area contributed by atoms with Crippen LogP contribution >= 0.6 is 7.82 Å². The average Bonchev–Trinajstić information content (AvgIpc) is 3.33. The summed E-state index contributed by atoms with van der Waals surface area (Å²) in [5.74, 6) is -0.623. The van der Waals surface area contributed by atoms with Crippen LogP contribution in [-0.2, 0) is 27.9 Å². The minimum absolute atomic E-state index is 0.0224. The fourth-order valence-electron chi connectivity index (χ4n) is 7.80. The molecule has 0 radical (unpaired) electrons. The molecule has 0 saturated heterocycles. The highest BCUT2D eigenvalue weighted by molar-refractivity contribution is 7.47. The van der Waals surface area contributed by atoms with Gasteiger partial charge in [-0.25, -0.2) is 4.57 Å². The van der Waals surface area contributed by atoms with Gasteiger partial charge < -0.3 is 19.4 Å². The Morgan fingerprint density at radius 3 is 1.34 bits per heavy atom. The lowest BCUT2D eigenvalue weighted by molar-refractivity contribution is -0.870. The number of nitrogens with zero attached hydrogens (tertiary/aromatic N) is 1. The number of amides is 1. The number of quaternary nitrogens is 1. The molecule has 0 saturated carbocycles. The van der Waals surface area contributed by atoms with Gasteiger partial charge in [-0.2, -0.15) is 0 Å². The van der Waals surface area contributed by atoms with E-state index in [2.05, 4.69) is 92.9 Å². The largest absolute Gasteiger partial charge is 0.472 e. The SMILES string of the molecule is CCCCC/C=C\C/C=C\C/C=C\C/C=C\CCCCCC(=O)OC(/C=C\CCCCCCCCCCCCC)C(COP(=O)(O)OCC[N+](C)(C)C)NC(=O)CC/C=C/C/C=C\CCCCCCCC. The number of allylic oxidation sites excluding steroid dienone is 13. The van der Waals surface area contributed by atoms with Crippen molar-refractivity contribution in [2.75, 3.05) is 40.9 Å². The summed E-state index contributed by atoms with van der Waals surface area (Å²) in [5.41, 5.74) is 0. The zero-order valence-electron chi connectivity index (χ0n) is 46.7. The molecule has 3 unspecified atom stereocenters. The van der Waals surface area contributed by atoms with Gasteiger partial charge >= 0.3 is 13.8 Å². The number of phosphoric acid groups is 1. The van der Waals surface area contributed by atoms with Crippen molar-refractivity contribution in [3.63, 3.8) is 0 Å². The fraction of sp³-hybridized carbons (Fsp3) is 0.738. The zero-order chi connectivity index (χ0) is 52.2. The summed E-state index contributed by atoms with van der Waals surface area (Å²) in [4.78, 5) is 37.5. The van der Waals surface area contributed by atoms with E-state index in [4.69, 9.17) is 13.8 Å². The van der Waals surface area contributed by atoms with Crippen LogP contribution in [0, 0.1) is 0 Å². The molecule has 0 bridgehead atoms. The number of unbranched alkanes of at least 4 members (excludes halogenated alkanes) is 23. The van der Waals surface area contributed by atoms with Crippen LogP contribution in [0.5, 0.6) is 0 Å². The summed E-state index contributed by atoms with van der Waals surface area (Å²) in [6.07, 6.45) is 65.9. The Hall–Kier alpha value is -2.81. The second kappa shape index (κ2) is 50.7. The molecule has 0 aromatic rings. The van der Waals surface area contributed by atoms with Gasteiger partial charge in [0.25, 0.3) is 0 Å². The van der Waals surface area contributed by atoms with E-state index in [0.29, 0.717) is 23.9 Å². The predicted molar refractivity (Wildman–Crippen MR) is 304 cm³/mol. The minimum Gasteiger partial charge on any atom is -0.456 e. The molecule has 0 fully saturated rings. The van der Waals surface area contributed by atoms with Crippen molar-refractivity contribution in [3.05, 3.63) is 85.1 Å². The first-order chi connectivity index (χ1) is 34.4. The number of likely N-dealkylation sites (N-methyl/N-ethyl adjacent to an activating group) is 1. The van der Waals surface area contributed by atoms with E-state index in [1.165, 1.54) is 122 Å². The van der Waals surface area contributed by atoms with Gasteiger partial charge in [-0.1, -0.05) is 215 Å². The third kappa shape index (κ3) is 51.9. The van der Waals surface area contributed by atoms with Gasteiger partial charge in [0, 0.05) is 12.8 Å². The molecule has 0 heterocycles. The molecule has 0 rings (SSSR count). The summed E-state index contributed by atoms with van der Waals surface area (Å²) in [7, 11) is 1.44. The summed E-state index contributed by atoms with van der Waals surface area (Å²) < 4.78 is 30.5. The second-order valence-corrected chi connectivity index (χ2v) is 21.9. The van der Waals surface area contributed by atoms with Crippen molar-refractivity contribution in [1.82, 2.24) is 5.32 Å². The van der Waals surface area contributed by atoms with E-state index < -0.39 is 20.0 Å². The highest BCUT2D eigenvalue weighted by Crippen LogP contribution is 2.43. The molecule has 0 aliphatic carbocycles. The maximum atomic E-state index is 13.4. The summed E-state index contributed by atoms with van der Waals surface area (Å²) in [6, 6.07) is -0.895. The van der Waals surface area contributed by atoms with Gasteiger partial charge in [-0.3, -0.25) is 18.6 Å². The number of carbonyl (C=O) groups excluding carboxylic acids is 2. The predicted octanol–water partition coefficient (Wildman–Crippen LogP) is 17.4. The quantitative estimate of drug-likeness (QED) is 0.0205. The second-order valence-electron chi connectivity index (χ2n) is 20.5. The van der Waals surface area contributed by atoms with Gasteiger partial charge in [0.1, 0.15) is 19.3 Å². The first-order valence-corrected chi connectivity index (χ1v) is 30.4. The van der Waals surface area contributed by atoms with Crippen molar-refractivity contribution in [2.45, 2.75) is 251 Å². The fourth-order valence-corrected chi connectivity index (χ4v) is 8.53. The van der Waals surface area contributed by atoms with Crippen molar-refractivity contribution in [2.24, 2.45) is 0 Å². The summed E-state index contributed by atoms with van der Waals surface area (Å²) in [6.45, 7) is 6.90. The molecule has 10 heteroatoms. The highest BCUT2D eigenvalue weighted by atomic mass is 31.2. The number of nitrogens with one attached hydrogen (secondary N) is 1. The lowest BCUT2D eigenvalue weighted by Gasteiger charge is -2.27. The van der Waals surface area contributed by atoms with Crippen LogP contribution in [0.15, 0.2) is 85.1 Å². The molecular weight excluding hydrogens is 904 g/mol. The van der Waals surface area contributed by atoms with Crippen molar-refractivity contribution < 1.29 is 37.3 Å². The molecule has 2 N–H and O–H groups in total. The standard InChI is InChI=1S/C61H109N2O7P/c1-7-10-13-16-19-22-25-28-29-30-31-32-33-36-39-42-45-48-51-54-61(65)70-59(52-49-46-43-40-37-34-26-23-20-17-14-11-8-2)58(57-69-71(66,67)68-56-55-63(4,5)6)62-60(64)53-50-47-44-41-38-35-27-24-21-18-15-12-9-3/h19,22,28-29,31-32,35-36,38-39,44,47,49,52,58-59H,7-18,20-21,23-27,30,33-34,37,40-43,45-46,48,50-51,53-57H2,1-6H3,(H-,62,64,66,67)/p+1/b22-19-,29-28-,32-31-,38-35-,39-36-,47-44+,52-49-. The van der Waals surface area contributed by atoms with Crippen LogP contribution in [0.1, 0.15) is 239 Å². The highest BCUT2D eigenvalue weighted by Gasteiger charge is 2.30. The number of rotatable bonds is 51. The van der Waals surface area contributed by atoms with E-state index in [0.717, 1.165) is 70.6 Å². The minimum atomic E-state index is -4.47. The van der Waals surface area contributed by atoms with Crippen LogP contribution in [0.25, 0.3) is 0 Å². The molecule has 0 aromatic carbocycles. The lowest BCUT2D eigenvalue weighted by Crippen LogP contribution is -2.47. The topological polar surface area (TPSA) is 111 Å². The third-order valence-corrected chi connectivity index (χ3v) is 13.3. The Morgan fingerprint density at radius 1 is 0.493 bits per heavy atom. The van der Waals surface area contributed by atoms with Crippen molar-refractivity contribution in [3.8, 4) is 0 Å². The number of ether oxygens (including phenoxy) is 1. The molecule has 71 heavy (non-hydrogen) atoms. The first-order valence-electron chi connectivity index (χ1n) is 28.9. The Labute approximate surface area is 437 Å². The molecule has 1 amide bonds. The smallest absolute Gasteiger partial charge is 0.456 e. The monoisotopic (exact) mass is 1010 g/mol. The van der Waals surface area contributed by atoms with E-state index in [1.54, 1.807) is 0 Å². The number of phosphoric ester groups is 1. The molecule has 0 aliphatic rings. The van der Waals surface area contributed by atoms with Crippen LogP contribution in [-0.4, -0.2) is 74.3 Å². The van der Waals surface area contributed by atoms with E-state index >= 15 is 0 Å². The molecule has 0 spiro atoms. The Balaban J connectivity index is 5.48. The van der Waals surface area contributed by atoms with Crippen LogP contribution in [0.2, 0.25) is 0 Å². The molecule has 0 aliphatic heterocycles. The number of carbonyl (C=O) groups is 2. The van der Waals surface area contributed by atoms with Crippen LogP contribution in [0.4, 0.5) is 0 Å². The third-order valence-electron chi connectivity index (χ3n) is 12.3. The first kappa shape index (κ1) is 68.2. The number of esters is 1. The Morgan fingerprint density at radius 2 is 0.873 bits per heavy atom. The van der Waals surface area contributed by atoms with E-state index in [9.17, 15) is 19.0 Å². The summed E-state index contributed by atoms with van der Waals surface area (Å²) in [5, 5.41) is 3.00. The molecular formula is C61H110N2O7P+. The molecule has 9 nitrogen and oxygen atoms in total. The van der Waals surface area contributed by atoms with Crippen LogP contribution < -0.4 is 5.32 Å². The maximum Gasteiger partial charge on any atom is 0.472 e. The van der Waals surface area contributed by atoms with Gasteiger partial charge in [-0.05, 0) is 96.0 Å². The van der Waals surface area contributed by atoms with Crippen molar-refractivity contribution >= 4 is 19.7 Å². The molecule has 3 atom stereocenters.